The van der Waals surface area contributed by atoms with Gasteiger partial charge in [-0.2, -0.15) is 22.0 Å². The first kappa shape index (κ1) is 12.2. The van der Waals surface area contributed by atoms with E-state index in [9.17, 15) is 0 Å². The topological polar surface area (TPSA) is 62.7 Å². The van der Waals surface area contributed by atoms with Crippen molar-refractivity contribution in [1.82, 2.24) is 10.1 Å². The fourth-order valence-corrected chi connectivity index (χ4v) is 3.35. The summed E-state index contributed by atoms with van der Waals surface area (Å²) in [6.45, 7) is 0. The predicted octanol–water partition coefficient (Wildman–Crippen LogP) is 3.57. The molecule has 0 N–H and O–H groups in total. The van der Waals surface area contributed by atoms with E-state index in [2.05, 4.69) is 16.2 Å². The first-order valence-electron chi connectivity index (χ1n) is 6.32. The van der Waals surface area contributed by atoms with Crippen molar-refractivity contribution in [2.75, 3.05) is 5.75 Å². The Hall–Kier alpha value is -1.80. The lowest BCUT2D eigenvalue weighted by atomic mass is 10.1. The van der Waals surface area contributed by atoms with Crippen molar-refractivity contribution in [3.8, 4) is 17.5 Å². The van der Waals surface area contributed by atoms with E-state index in [4.69, 9.17) is 9.78 Å². The Morgan fingerprint density at radius 1 is 1.26 bits per heavy atom. The smallest absolute Gasteiger partial charge is 0.257 e. The van der Waals surface area contributed by atoms with Crippen LogP contribution in [0.5, 0.6) is 0 Å². The lowest BCUT2D eigenvalue weighted by molar-refractivity contribution is 0.420. The Morgan fingerprint density at radius 3 is 2.79 bits per heavy atom. The van der Waals surface area contributed by atoms with E-state index in [0.717, 1.165) is 17.8 Å². The Kier molecular flexibility index (Phi) is 3.51. The Balaban J connectivity index is 1.81. The fraction of sp³-hybridized carbons (Fsp3) is 0.357. The molecular weight excluding hydrogens is 258 g/mol. The Labute approximate surface area is 115 Å². The Bertz CT molecular complexity index is 594. The highest BCUT2D eigenvalue weighted by molar-refractivity contribution is 7.99. The molecule has 1 aromatic heterocycles. The van der Waals surface area contributed by atoms with Gasteiger partial charge in [0.2, 0.25) is 0 Å². The standard InChI is InChI=1S/C14H13N3OS/c15-9-10-4-6-11(7-5-10)14-16-13(17-18-14)12-3-1-2-8-19-12/h4-7,12H,1-3,8H2. The average Bonchev–Trinajstić information content (AvgIpc) is 2.98. The summed E-state index contributed by atoms with van der Waals surface area (Å²) < 4.78 is 5.32. The first-order chi connectivity index (χ1) is 9.36. The average molecular weight is 271 g/mol. The largest absolute Gasteiger partial charge is 0.334 e. The molecular formula is C14H13N3OS. The number of nitrogens with zero attached hydrogens (tertiary/aromatic N) is 3. The van der Waals surface area contributed by atoms with Gasteiger partial charge in [-0.1, -0.05) is 11.6 Å². The number of nitriles is 1. The number of rotatable bonds is 2. The third kappa shape index (κ3) is 2.64. The highest BCUT2D eigenvalue weighted by Gasteiger charge is 2.21. The van der Waals surface area contributed by atoms with Gasteiger partial charge in [-0.05, 0) is 42.9 Å². The quantitative estimate of drug-likeness (QED) is 0.835. The molecule has 1 atom stereocenters. The minimum Gasteiger partial charge on any atom is -0.334 e. The van der Waals surface area contributed by atoms with Gasteiger partial charge in [-0.25, -0.2) is 0 Å². The fourth-order valence-electron chi connectivity index (χ4n) is 2.11. The molecule has 4 nitrogen and oxygen atoms in total. The van der Waals surface area contributed by atoms with E-state index in [-0.39, 0.29) is 0 Å². The molecule has 0 amide bonds. The number of benzene rings is 1. The molecule has 19 heavy (non-hydrogen) atoms. The second-order valence-electron chi connectivity index (χ2n) is 4.50. The van der Waals surface area contributed by atoms with Gasteiger partial charge in [0, 0.05) is 5.56 Å². The lowest BCUT2D eigenvalue weighted by Crippen LogP contribution is -2.03. The van der Waals surface area contributed by atoms with Crippen molar-refractivity contribution in [3.63, 3.8) is 0 Å². The summed E-state index contributed by atoms with van der Waals surface area (Å²) in [5.41, 5.74) is 1.49. The molecule has 96 valence electrons. The third-order valence-corrected chi connectivity index (χ3v) is 4.54. The summed E-state index contributed by atoms with van der Waals surface area (Å²) in [4.78, 5) is 4.48. The van der Waals surface area contributed by atoms with E-state index < -0.39 is 0 Å². The van der Waals surface area contributed by atoms with Crippen LogP contribution >= 0.6 is 11.8 Å². The second kappa shape index (κ2) is 5.45. The van der Waals surface area contributed by atoms with Gasteiger partial charge in [0.05, 0.1) is 16.9 Å². The molecule has 1 aliphatic rings. The van der Waals surface area contributed by atoms with Gasteiger partial charge in [0.15, 0.2) is 5.82 Å². The predicted molar refractivity (Wildman–Crippen MR) is 73.5 cm³/mol. The molecule has 0 saturated carbocycles. The number of thioether (sulfide) groups is 1. The molecule has 2 aromatic rings. The van der Waals surface area contributed by atoms with Crippen molar-refractivity contribution >= 4 is 11.8 Å². The van der Waals surface area contributed by atoms with Crippen molar-refractivity contribution in [1.29, 1.82) is 5.26 Å². The highest BCUT2D eigenvalue weighted by Crippen LogP contribution is 2.37. The molecule has 0 aliphatic carbocycles. The molecule has 0 radical (unpaired) electrons. The van der Waals surface area contributed by atoms with E-state index in [1.807, 2.05) is 23.9 Å². The van der Waals surface area contributed by atoms with Crippen molar-refractivity contribution in [3.05, 3.63) is 35.7 Å². The summed E-state index contributed by atoms with van der Waals surface area (Å²) >= 11 is 1.90. The maximum atomic E-state index is 8.77. The molecule has 0 spiro atoms. The SMILES string of the molecule is N#Cc1ccc(-c2nc(C3CCCCS3)no2)cc1. The van der Waals surface area contributed by atoms with Crippen LogP contribution in [0.3, 0.4) is 0 Å². The minimum absolute atomic E-state index is 0.365. The number of aromatic nitrogens is 2. The molecule has 2 heterocycles. The molecule has 1 aliphatic heterocycles. The molecule has 1 unspecified atom stereocenters. The summed E-state index contributed by atoms with van der Waals surface area (Å²) in [6, 6.07) is 9.28. The maximum Gasteiger partial charge on any atom is 0.257 e. The van der Waals surface area contributed by atoms with E-state index in [1.54, 1.807) is 12.1 Å². The molecule has 3 rings (SSSR count). The minimum atomic E-state index is 0.365. The Morgan fingerprint density at radius 2 is 2.11 bits per heavy atom. The lowest BCUT2D eigenvalue weighted by Gasteiger charge is -2.17. The molecule has 1 fully saturated rings. The summed E-state index contributed by atoms with van der Waals surface area (Å²) in [5, 5.41) is 13.2. The van der Waals surface area contributed by atoms with E-state index in [1.165, 1.54) is 18.6 Å². The van der Waals surface area contributed by atoms with Crippen molar-refractivity contribution < 1.29 is 4.52 Å². The van der Waals surface area contributed by atoms with Crippen molar-refractivity contribution in [2.45, 2.75) is 24.5 Å². The van der Waals surface area contributed by atoms with Crippen LogP contribution in [0.1, 0.15) is 35.9 Å². The summed E-state index contributed by atoms with van der Waals surface area (Å²) in [7, 11) is 0. The van der Waals surface area contributed by atoms with Crippen LogP contribution in [0.25, 0.3) is 11.5 Å². The first-order valence-corrected chi connectivity index (χ1v) is 7.37. The van der Waals surface area contributed by atoms with Crippen LogP contribution in [-0.4, -0.2) is 15.9 Å². The van der Waals surface area contributed by atoms with E-state index in [0.29, 0.717) is 16.7 Å². The van der Waals surface area contributed by atoms with Gasteiger partial charge < -0.3 is 4.52 Å². The highest BCUT2D eigenvalue weighted by atomic mass is 32.2. The number of hydrogen-bond donors (Lipinski definition) is 0. The van der Waals surface area contributed by atoms with Crippen molar-refractivity contribution in [2.24, 2.45) is 0 Å². The van der Waals surface area contributed by atoms with Crippen LogP contribution in [0, 0.1) is 11.3 Å². The van der Waals surface area contributed by atoms with Crippen LogP contribution in [0.15, 0.2) is 28.8 Å². The molecule has 0 bridgehead atoms. The molecule has 1 aromatic carbocycles. The molecule has 5 heteroatoms. The zero-order chi connectivity index (χ0) is 13.1. The van der Waals surface area contributed by atoms with Crippen LogP contribution in [0.2, 0.25) is 0 Å². The normalized spacial score (nSPS) is 19.0. The van der Waals surface area contributed by atoms with Gasteiger partial charge in [0.25, 0.3) is 5.89 Å². The van der Waals surface area contributed by atoms with Crippen LogP contribution in [-0.2, 0) is 0 Å². The monoisotopic (exact) mass is 271 g/mol. The van der Waals surface area contributed by atoms with Gasteiger partial charge in [-0.3, -0.25) is 0 Å². The van der Waals surface area contributed by atoms with Gasteiger partial charge in [0.1, 0.15) is 0 Å². The molecule has 1 saturated heterocycles. The van der Waals surface area contributed by atoms with Gasteiger partial charge >= 0.3 is 0 Å². The van der Waals surface area contributed by atoms with Crippen LogP contribution in [0.4, 0.5) is 0 Å². The summed E-state index contributed by atoms with van der Waals surface area (Å²) in [6.07, 6.45) is 3.64. The van der Waals surface area contributed by atoms with E-state index >= 15 is 0 Å². The number of hydrogen-bond acceptors (Lipinski definition) is 5. The second-order valence-corrected chi connectivity index (χ2v) is 5.81. The van der Waals surface area contributed by atoms with Gasteiger partial charge in [-0.15, -0.1) is 0 Å². The zero-order valence-corrected chi connectivity index (χ0v) is 11.2. The zero-order valence-electron chi connectivity index (χ0n) is 10.4. The summed E-state index contributed by atoms with van der Waals surface area (Å²) in [5.74, 6) is 2.50. The van der Waals surface area contributed by atoms with Crippen LogP contribution < -0.4 is 0 Å². The third-order valence-electron chi connectivity index (χ3n) is 3.17. The maximum absolute atomic E-state index is 8.77.